The van der Waals surface area contributed by atoms with Crippen molar-refractivity contribution in [2.24, 2.45) is 0 Å². The van der Waals surface area contributed by atoms with Crippen molar-refractivity contribution < 1.29 is 33.0 Å². The Hall–Kier alpha value is -1.97. The number of aliphatic hydroxyl groups excluding tert-OH is 1. The van der Waals surface area contributed by atoms with Gasteiger partial charge in [0.25, 0.3) is 0 Å². The molecule has 0 bridgehead atoms. The van der Waals surface area contributed by atoms with E-state index >= 15 is 0 Å². The van der Waals surface area contributed by atoms with Gasteiger partial charge in [-0.2, -0.15) is 0 Å². The van der Waals surface area contributed by atoms with Crippen molar-refractivity contribution in [2.75, 3.05) is 13.7 Å². The molecular weight excluding hydrogens is 290 g/mol. The van der Waals surface area contributed by atoms with Crippen LogP contribution < -0.4 is 4.72 Å². The zero-order chi connectivity index (χ0) is 15.3. The number of hydrogen-bond donors (Lipinski definition) is 3. The topological polar surface area (TPSA) is 130 Å². The number of methoxy groups -OCH3 is 1. The largest absolute Gasteiger partial charge is 0.479 e. The number of hydrogen-bond acceptors (Lipinski definition) is 6. The lowest BCUT2D eigenvalue weighted by atomic mass is 10.2. The third-order valence-electron chi connectivity index (χ3n) is 2.32. The SMILES string of the molecule is COC(=O)c1cccc(S(=O)(=O)NC[C@H](O)C(=O)O)c1. The fourth-order valence-corrected chi connectivity index (χ4v) is 2.35. The second-order valence-electron chi connectivity index (χ2n) is 3.73. The number of rotatable bonds is 6. The number of carbonyl (C=O) groups is 2. The molecule has 8 nitrogen and oxygen atoms in total. The first-order valence-electron chi connectivity index (χ1n) is 5.37. The van der Waals surface area contributed by atoms with Crippen molar-refractivity contribution in [3.63, 3.8) is 0 Å². The number of carboxylic acids is 1. The number of ether oxygens (including phenoxy) is 1. The van der Waals surface area contributed by atoms with E-state index in [1.807, 2.05) is 4.72 Å². The molecule has 0 aliphatic rings. The van der Waals surface area contributed by atoms with E-state index in [4.69, 9.17) is 10.2 Å². The van der Waals surface area contributed by atoms with Gasteiger partial charge in [0.1, 0.15) is 0 Å². The zero-order valence-corrected chi connectivity index (χ0v) is 11.3. The summed E-state index contributed by atoms with van der Waals surface area (Å²) >= 11 is 0. The summed E-state index contributed by atoms with van der Waals surface area (Å²) in [4.78, 5) is 21.4. The molecule has 0 saturated heterocycles. The standard InChI is InChI=1S/C11H13NO7S/c1-19-11(16)7-3-2-4-8(5-7)20(17,18)12-6-9(13)10(14)15/h2-5,9,12-13H,6H2,1H3,(H,14,15)/t9-/m0/s1. The van der Waals surface area contributed by atoms with E-state index in [2.05, 4.69) is 4.74 Å². The van der Waals surface area contributed by atoms with Crippen LogP contribution in [-0.2, 0) is 19.6 Å². The summed E-state index contributed by atoms with van der Waals surface area (Å²) in [6.45, 7) is -0.680. The van der Waals surface area contributed by atoms with Gasteiger partial charge >= 0.3 is 11.9 Å². The number of nitrogens with one attached hydrogen (secondary N) is 1. The van der Waals surface area contributed by atoms with Crippen LogP contribution in [0.15, 0.2) is 29.2 Å². The smallest absolute Gasteiger partial charge is 0.337 e. The van der Waals surface area contributed by atoms with Crippen LogP contribution in [0, 0.1) is 0 Å². The van der Waals surface area contributed by atoms with Crippen LogP contribution in [0.4, 0.5) is 0 Å². The fourth-order valence-electron chi connectivity index (χ4n) is 1.27. The fraction of sp³-hybridized carbons (Fsp3) is 0.273. The highest BCUT2D eigenvalue weighted by Gasteiger charge is 2.20. The van der Waals surface area contributed by atoms with Gasteiger partial charge in [-0.05, 0) is 18.2 Å². The van der Waals surface area contributed by atoms with Crippen molar-refractivity contribution in [2.45, 2.75) is 11.0 Å². The summed E-state index contributed by atoms with van der Waals surface area (Å²) in [7, 11) is -2.88. The normalized spacial score (nSPS) is 12.7. The molecule has 1 aromatic carbocycles. The summed E-state index contributed by atoms with van der Waals surface area (Å²) in [5.41, 5.74) is 0.0363. The van der Waals surface area contributed by atoms with Crippen LogP contribution in [0.1, 0.15) is 10.4 Å². The van der Waals surface area contributed by atoms with E-state index in [-0.39, 0.29) is 10.5 Å². The Morgan fingerprint density at radius 3 is 2.60 bits per heavy atom. The first-order chi connectivity index (χ1) is 9.27. The molecule has 0 aliphatic carbocycles. The van der Waals surface area contributed by atoms with Crippen molar-refractivity contribution >= 4 is 22.0 Å². The highest BCUT2D eigenvalue weighted by atomic mass is 32.2. The minimum absolute atomic E-state index is 0.0363. The van der Waals surface area contributed by atoms with Gasteiger partial charge in [-0.1, -0.05) is 6.07 Å². The van der Waals surface area contributed by atoms with E-state index < -0.39 is 34.6 Å². The first-order valence-corrected chi connectivity index (χ1v) is 6.85. The van der Waals surface area contributed by atoms with Crippen LogP contribution in [0.25, 0.3) is 0 Å². The average molecular weight is 303 g/mol. The molecule has 0 aromatic heterocycles. The van der Waals surface area contributed by atoms with E-state index in [1.54, 1.807) is 0 Å². The Morgan fingerprint density at radius 1 is 1.40 bits per heavy atom. The lowest BCUT2D eigenvalue weighted by molar-refractivity contribution is -0.146. The predicted octanol–water partition coefficient (Wildman–Crippen LogP) is -0.803. The van der Waals surface area contributed by atoms with Crippen LogP contribution >= 0.6 is 0 Å². The summed E-state index contributed by atoms with van der Waals surface area (Å²) in [5.74, 6) is -2.25. The molecule has 3 N–H and O–H groups in total. The van der Waals surface area contributed by atoms with Gasteiger partial charge < -0.3 is 14.9 Å². The molecule has 0 radical (unpaired) electrons. The Morgan fingerprint density at radius 2 is 2.05 bits per heavy atom. The summed E-state index contributed by atoms with van der Waals surface area (Å²) < 4.78 is 30.1. The van der Waals surface area contributed by atoms with Gasteiger partial charge in [0, 0.05) is 6.54 Å². The molecule has 1 atom stereocenters. The molecule has 110 valence electrons. The molecule has 0 spiro atoms. The lowest BCUT2D eigenvalue weighted by Crippen LogP contribution is -2.36. The molecule has 9 heteroatoms. The number of aliphatic carboxylic acids is 1. The van der Waals surface area contributed by atoms with Gasteiger partial charge in [0.15, 0.2) is 6.10 Å². The first kappa shape index (κ1) is 16.1. The summed E-state index contributed by atoms with van der Waals surface area (Å²) in [6, 6.07) is 5.02. The zero-order valence-electron chi connectivity index (χ0n) is 10.4. The summed E-state index contributed by atoms with van der Waals surface area (Å²) in [6.07, 6.45) is -1.85. The monoisotopic (exact) mass is 303 g/mol. The molecule has 20 heavy (non-hydrogen) atoms. The molecular formula is C11H13NO7S. The minimum Gasteiger partial charge on any atom is -0.479 e. The molecule has 0 unspecified atom stereocenters. The number of esters is 1. The lowest BCUT2D eigenvalue weighted by Gasteiger charge is -2.09. The van der Waals surface area contributed by atoms with Crippen LogP contribution in [0.5, 0.6) is 0 Å². The molecule has 0 fully saturated rings. The molecule has 0 heterocycles. The Labute approximate surface area is 115 Å². The van der Waals surface area contributed by atoms with Gasteiger partial charge in [-0.15, -0.1) is 0 Å². The van der Waals surface area contributed by atoms with Crippen LogP contribution in [0.3, 0.4) is 0 Å². The predicted molar refractivity (Wildman–Crippen MR) is 66.6 cm³/mol. The Balaban J connectivity index is 2.93. The molecule has 0 aliphatic heterocycles. The van der Waals surface area contributed by atoms with Gasteiger partial charge in [0.05, 0.1) is 17.6 Å². The van der Waals surface area contributed by atoms with Crippen molar-refractivity contribution in [3.8, 4) is 0 Å². The van der Waals surface area contributed by atoms with Crippen molar-refractivity contribution in [1.82, 2.24) is 4.72 Å². The third kappa shape index (κ3) is 4.02. The number of carboxylic acid groups (broad SMARTS) is 1. The quantitative estimate of drug-likeness (QED) is 0.586. The number of sulfonamides is 1. The number of carbonyl (C=O) groups excluding carboxylic acids is 1. The van der Waals surface area contributed by atoms with Gasteiger partial charge in [0.2, 0.25) is 10.0 Å². The maximum atomic E-state index is 11.9. The van der Waals surface area contributed by atoms with E-state index in [0.717, 1.165) is 13.2 Å². The Bertz CT molecular complexity index is 611. The molecule has 0 amide bonds. The Kier molecular flexibility index (Phi) is 5.19. The van der Waals surface area contributed by atoms with Gasteiger partial charge in [-0.3, -0.25) is 0 Å². The van der Waals surface area contributed by atoms with E-state index in [0.29, 0.717) is 0 Å². The second kappa shape index (κ2) is 6.46. The molecule has 1 aromatic rings. The molecule has 0 saturated carbocycles. The van der Waals surface area contributed by atoms with Crippen LogP contribution in [-0.4, -0.2) is 50.3 Å². The highest BCUT2D eigenvalue weighted by Crippen LogP contribution is 2.12. The molecule has 1 rings (SSSR count). The highest BCUT2D eigenvalue weighted by molar-refractivity contribution is 7.89. The maximum absolute atomic E-state index is 11.9. The van der Waals surface area contributed by atoms with Crippen molar-refractivity contribution in [1.29, 1.82) is 0 Å². The van der Waals surface area contributed by atoms with Gasteiger partial charge in [-0.25, -0.2) is 22.7 Å². The average Bonchev–Trinajstić information content (AvgIpc) is 2.43. The van der Waals surface area contributed by atoms with E-state index in [9.17, 15) is 18.0 Å². The van der Waals surface area contributed by atoms with Crippen molar-refractivity contribution in [3.05, 3.63) is 29.8 Å². The van der Waals surface area contributed by atoms with Crippen LogP contribution in [0.2, 0.25) is 0 Å². The maximum Gasteiger partial charge on any atom is 0.337 e. The number of benzene rings is 1. The van der Waals surface area contributed by atoms with E-state index in [1.165, 1.54) is 18.2 Å². The third-order valence-corrected chi connectivity index (χ3v) is 3.74. The summed E-state index contributed by atoms with van der Waals surface area (Å²) in [5, 5.41) is 17.5. The minimum atomic E-state index is -4.03. The number of aliphatic hydroxyl groups is 1. The second-order valence-corrected chi connectivity index (χ2v) is 5.49.